The van der Waals surface area contributed by atoms with Crippen molar-refractivity contribution < 1.29 is 5.11 Å². The fraction of sp³-hybridized carbons (Fsp3) is 0.727. The van der Waals surface area contributed by atoms with Gasteiger partial charge in [-0.2, -0.15) is 4.98 Å². The standard InChI is InChI=1S/C11H17N3O3S/c1-13-10(18-2)12-9(16)14(11(13)17)7-3-5-8(15)6-4-7/h7-8,15H,3-6H2,1-2H3. The largest absolute Gasteiger partial charge is 0.393 e. The Bertz CT molecular complexity index is 543. The van der Waals surface area contributed by atoms with Gasteiger partial charge in [-0.1, -0.05) is 11.8 Å². The second-order valence-electron chi connectivity index (χ2n) is 4.56. The van der Waals surface area contributed by atoms with Crippen LogP contribution in [-0.4, -0.2) is 31.6 Å². The Balaban J connectivity index is 2.43. The van der Waals surface area contributed by atoms with Gasteiger partial charge >= 0.3 is 11.4 Å². The van der Waals surface area contributed by atoms with Crippen molar-refractivity contribution in [3.63, 3.8) is 0 Å². The van der Waals surface area contributed by atoms with Gasteiger partial charge < -0.3 is 5.11 Å². The molecule has 0 aliphatic heterocycles. The van der Waals surface area contributed by atoms with Crippen LogP contribution >= 0.6 is 11.8 Å². The minimum Gasteiger partial charge on any atom is -0.393 e. The molecule has 0 aromatic carbocycles. The van der Waals surface area contributed by atoms with Crippen molar-refractivity contribution in [3.05, 3.63) is 21.0 Å². The van der Waals surface area contributed by atoms with Gasteiger partial charge in [0.1, 0.15) is 0 Å². The zero-order chi connectivity index (χ0) is 13.3. The molecule has 0 saturated heterocycles. The third-order valence-electron chi connectivity index (χ3n) is 3.39. The summed E-state index contributed by atoms with van der Waals surface area (Å²) in [5.41, 5.74) is -0.801. The van der Waals surface area contributed by atoms with E-state index in [1.807, 2.05) is 0 Å². The van der Waals surface area contributed by atoms with E-state index in [9.17, 15) is 14.7 Å². The van der Waals surface area contributed by atoms with E-state index < -0.39 is 5.69 Å². The van der Waals surface area contributed by atoms with Crippen molar-refractivity contribution in [1.29, 1.82) is 0 Å². The fourth-order valence-electron chi connectivity index (χ4n) is 2.35. The molecule has 1 saturated carbocycles. The van der Waals surface area contributed by atoms with Crippen molar-refractivity contribution in [3.8, 4) is 0 Å². The van der Waals surface area contributed by atoms with Crippen LogP contribution in [0.2, 0.25) is 0 Å². The molecule has 1 aliphatic carbocycles. The Kier molecular flexibility index (Phi) is 3.91. The molecule has 6 nitrogen and oxygen atoms in total. The van der Waals surface area contributed by atoms with E-state index in [1.54, 1.807) is 13.3 Å². The van der Waals surface area contributed by atoms with Gasteiger partial charge in [-0.15, -0.1) is 0 Å². The number of nitrogens with zero attached hydrogens (tertiary/aromatic N) is 3. The molecule has 0 radical (unpaired) electrons. The molecule has 0 amide bonds. The number of thioether (sulfide) groups is 1. The van der Waals surface area contributed by atoms with E-state index in [1.165, 1.54) is 20.9 Å². The third kappa shape index (κ3) is 2.37. The van der Waals surface area contributed by atoms with Crippen LogP contribution < -0.4 is 11.4 Å². The second-order valence-corrected chi connectivity index (χ2v) is 5.33. The second kappa shape index (κ2) is 5.27. The minimum absolute atomic E-state index is 0.136. The average molecular weight is 271 g/mol. The number of aliphatic hydroxyl groups is 1. The lowest BCUT2D eigenvalue weighted by Crippen LogP contribution is -2.44. The molecule has 100 valence electrons. The van der Waals surface area contributed by atoms with Crippen LogP contribution in [0.4, 0.5) is 0 Å². The SMILES string of the molecule is CSc1nc(=O)n(C2CCC(O)CC2)c(=O)n1C. The number of aromatic nitrogens is 3. The summed E-state index contributed by atoms with van der Waals surface area (Å²) in [7, 11) is 1.62. The van der Waals surface area contributed by atoms with Crippen LogP contribution in [-0.2, 0) is 7.05 Å². The van der Waals surface area contributed by atoms with Gasteiger partial charge in [-0.05, 0) is 31.9 Å². The van der Waals surface area contributed by atoms with Gasteiger partial charge in [-0.25, -0.2) is 14.2 Å². The number of hydrogen-bond donors (Lipinski definition) is 1. The number of aliphatic hydroxyl groups excluding tert-OH is 1. The van der Waals surface area contributed by atoms with Crippen LogP contribution in [0.3, 0.4) is 0 Å². The lowest BCUT2D eigenvalue weighted by Gasteiger charge is -2.26. The van der Waals surface area contributed by atoms with Gasteiger partial charge in [0, 0.05) is 13.1 Å². The molecule has 18 heavy (non-hydrogen) atoms. The minimum atomic E-state index is -0.483. The van der Waals surface area contributed by atoms with Gasteiger partial charge in [0.25, 0.3) is 0 Å². The zero-order valence-electron chi connectivity index (χ0n) is 10.5. The number of hydrogen-bond acceptors (Lipinski definition) is 5. The van der Waals surface area contributed by atoms with Crippen molar-refractivity contribution >= 4 is 11.8 Å². The molecule has 0 atom stereocenters. The Morgan fingerprint density at radius 3 is 2.44 bits per heavy atom. The summed E-state index contributed by atoms with van der Waals surface area (Å²) in [6.45, 7) is 0. The normalized spacial score (nSPS) is 24.2. The summed E-state index contributed by atoms with van der Waals surface area (Å²) in [6, 6.07) is -0.136. The maximum absolute atomic E-state index is 12.2. The number of rotatable bonds is 2. The first kappa shape index (κ1) is 13.4. The highest BCUT2D eigenvalue weighted by molar-refractivity contribution is 7.98. The first-order valence-corrected chi connectivity index (χ1v) is 7.18. The van der Waals surface area contributed by atoms with E-state index >= 15 is 0 Å². The first-order chi connectivity index (χ1) is 8.54. The molecule has 2 rings (SSSR count). The maximum Gasteiger partial charge on any atom is 0.354 e. The monoisotopic (exact) mass is 271 g/mol. The molecule has 0 unspecified atom stereocenters. The van der Waals surface area contributed by atoms with Gasteiger partial charge in [0.05, 0.1) is 6.10 Å². The summed E-state index contributed by atoms with van der Waals surface area (Å²) >= 11 is 1.28. The molecular weight excluding hydrogens is 254 g/mol. The molecule has 1 N–H and O–H groups in total. The van der Waals surface area contributed by atoms with Crippen LogP contribution in [0, 0.1) is 0 Å². The highest BCUT2D eigenvalue weighted by Gasteiger charge is 2.24. The van der Waals surface area contributed by atoms with Gasteiger partial charge in [0.15, 0.2) is 5.16 Å². The van der Waals surface area contributed by atoms with Gasteiger partial charge in [0.2, 0.25) is 0 Å². The predicted octanol–water partition coefficient (Wildman–Crippen LogP) is 0.140. The smallest absolute Gasteiger partial charge is 0.354 e. The van der Waals surface area contributed by atoms with Gasteiger partial charge in [-0.3, -0.25) is 4.57 Å². The van der Waals surface area contributed by atoms with Crippen molar-refractivity contribution in [2.75, 3.05) is 6.26 Å². The summed E-state index contributed by atoms with van der Waals surface area (Å²) in [5.74, 6) is 0. The molecule has 7 heteroatoms. The Hall–Kier alpha value is -1.08. The average Bonchev–Trinajstić information content (AvgIpc) is 2.36. The zero-order valence-corrected chi connectivity index (χ0v) is 11.3. The summed E-state index contributed by atoms with van der Waals surface area (Å²) in [4.78, 5) is 28.0. The predicted molar refractivity (Wildman–Crippen MR) is 69.0 cm³/mol. The summed E-state index contributed by atoms with van der Waals surface area (Å²) < 4.78 is 2.63. The van der Waals surface area contributed by atoms with Crippen LogP contribution in [0.25, 0.3) is 0 Å². The topological polar surface area (TPSA) is 77.1 Å². The highest BCUT2D eigenvalue weighted by atomic mass is 32.2. The Labute approximate surface area is 109 Å². The van der Waals surface area contributed by atoms with E-state index in [4.69, 9.17) is 0 Å². The fourth-order valence-corrected chi connectivity index (χ4v) is 2.87. The van der Waals surface area contributed by atoms with E-state index in [0.29, 0.717) is 30.8 Å². The third-order valence-corrected chi connectivity index (χ3v) is 4.12. The molecule has 1 aromatic rings. The Morgan fingerprint density at radius 1 is 1.28 bits per heavy atom. The molecule has 0 spiro atoms. The molecule has 1 heterocycles. The van der Waals surface area contributed by atoms with Crippen molar-refractivity contribution in [1.82, 2.24) is 14.1 Å². The van der Waals surface area contributed by atoms with Crippen LogP contribution in [0.1, 0.15) is 31.7 Å². The molecule has 1 aromatic heterocycles. The van der Waals surface area contributed by atoms with Crippen LogP contribution in [0.5, 0.6) is 0 Å². The Morgan fingerprint density at radius 2 is 1.89 bits per heavy atom. The first-order valence-electron chi connectivity index (χ1n) is 5.96. The lowest BCUT2D eigenvalue weighted by molar-refractivity contribution is 0.108. The van der Waals surface area contributed by atoms with E-state index in [-0.39, 0.29) is 17.8 Å². The lowest BCUT2D eigenvalue weighted by atomic mass is 9.93. The van der Waals surface area contributed by atoms with E-state index in [2.05, 4.69) is 4.98 Å². The van der Waals surface area contributed by atoms with E-state index in [0.717, 1.165) is 0 Å². The quantitative estimate of drug-likeness (QED) is 0.774. The highest BCUT2D eigenvalue weighted by Crippen LogP contribution is 2.26. The van der Waals surface area contributed by atoms with Crippen molar-refractivity contribution in [2.45, 2.75) is 43.0 Å². The molecule has 0 bridgehead atoms. The van der Waals surface area contributed by atoms with Crippen molar-refractivity contribution in [2.24, 2.45) is 7.05 Å². The molecular formula is C11H17N3O3S. The molecule has 1 aliphatic rings. The maximum atomic E-state index is 12.2. The summed E-state index contributed by atoms with van der Waals surface area (Å²) in [6.07, 6.45) is 4.03. The molecule has 1 fully saturated rings. The summed E-state index contributed by atoms with van der Waals surface area (Å²) in [5, 5.41) is 9.89. The van der Waals surface area contributed by atoms with Crippen LogP contribution in [0.15, 0.2) is 14.7 Å².